The van der Waals surface area contributed by atoms with E-state index >= 15 is 0 Å². The van der Waals surface area contributed by atoms with Gasteiger partial charge in [-0.3, -0.25) is 4.79 Å². The molecule has 1 N–H and O–H groups in total. The molecule has 0 spiro atoms. The third-order valence-corrected chi connectivity index (χ3v) is 4.23. The average Bonchev–Trinajstić information content (AvgIpc) is 2.97. The second-order valence-corrected chi connectivity index (χ2v) is 5.86. The van der Waals surface area contributed by atoms with Crippen LogP contribution >= 0.6 is 0 Å². The highest BCUT2D eigenvalue weighted by molar-refractivity contribution is 5.96. The lowest BCUT2D eigenvalue weighted by Crippen LogP contribution is -2.48. The largest absolute Gasteiger partial charge is 0.361 e. The summed E-state index contributed by atoms with van der Waals surface area (Å²) < 4.78 is 5.16. The Labute approximate surface area is 135 Å². The van der Waals surface area contributed by atoms with E-state index in [1.165, 1.54) is 0 Å². The van der Waals surface area contributed by atoms with Crippen LogP contribution < -0.4 is 10.2 Å². The highest BCUT2D eigenvalue weighted by atomic mass is 16.5. The Morgan fingerprint density at radius 2 is 2.35 bits per heavy atom. The minimum Gasteiger partial charge on any atom is -0.361 e. The lowest BCUT2D eigenvalue weighted by Gasteiger charge is -2.33. The lowest BCUT2D eigenvalue weighted by atomic mass is 10.0. The molecule has 0 radical (unpaired) electrons. The van der Waals surface area contributed by atoms with Crippen molar-refractivity contribution in [3.63, 3.8) is 0 Å². The molecule has 6 nitrogen and oxygen atoms in total. The summed E-state index contributed by atoms with van der Waals surface area (Å²) in [5, 5.41) is 7.08. The predicted octanol–water partition coefficient (Wildman–Crippen LogP) is 2.34. The number of hydrogen-bond donors (Lipinski definition) is 1. The van der Waals surface area contributed by atoms with Gasteiger partial charge in [-0.25, -0.2) is 4.98 Å². The smallest absolute Gasteiger partial charge is 0.257 e. The van der Waals surface area contributed by atoms with Gasteiger partial charge >= 0.3 is 0 Å². The van der Waals surface area contributed by atoms with Crippen molar-refractivity contribution in [2.75, 3.05) is 18.0 Å². The number of aryl methyl sites for hydroxylation is 2. The van der Waals surface area contributed by atoms with Crippen molar-refractivity contribution in [3.8, 4) is 0 Å². The van der Waals surface area contributed by atoms with E-state index in [0.29, 0.717) is 17.7 Å². The Kier molecular flexibility index (Phi) is 4.60. The van der Waals surface area contributed by atoms with Gasteiger partial charge in [-0.2, -0.15) is 0 Å². The van der Waals surface area contributed by atoms with Crippen LogP contribution in [0, 0.1) is 6.92 Å². The van der Waals surface area contributed by atoms with Gasteiger partial charge in [-0.15, -0.1) is 0 Å². The standard InChI is InChI=1S/C17H22N4O2/c1-3-14-16(12(2)23-20-14)17(22)19-13-7-6-10-21(11-13)15-8-4-5-9-18-15/h4-5,8-9,13H,3,6-7,10-11H2,1-2H3,(H,19,22). The van der Waals surface area contributed by atoms with Crippen molar-refractivity contribution in [2.24, 2.45) is 0 Å². The molecule has 6 heteroatoms. The third-order valence-electron chi connectivity index (χ3n) is 4.23. The molecule has 23 heavy (non-hydrogen) atoms. The number of hydrogen-bond acceptors (Lipinski definition) is 5. The molecule has 122 valence electrons. The van der Waals surface area contributed by atoms with Crippen LogP contribution in [-0.4, -0.2) is 35.2 Å². The molecule has 1 fully saturated rings. The zero-order chi connectivity index (χ0) is 16.2. The van der Waals surface area contributed by atoms with Gasteiger partial charge in [-0.1, -0.05) is 18.1 Å². The molecule has 0 saturated carbocycles. The summed E-state index contributed by atoms with van der Waals surface area (Å²) in [4.78, 5) is 19.2. The molecule has 3 heterocycles. The summed E-state index contributed by atoms with van der Waals surface area (Å²) in [6, 6.07) is 6.01. The Morgan fingerprint density at radius 3 is 3.09 bits per heavy atom. The Balaban J connectivity index is 1.68. The number of pyridine rings is 1. The first kappa shape index (κ1) is 15.5. The van der Waals surface area contributed by atoms with E-state index in [1.54, 1.807) is 13.1 Å². The highest BCUT2D eigenvalue weighted by Crippen LogP contribution is 2.19. The van der Waals surface area contributed by atoms with E-state index in [9.17, 15) is 4.79 Å². The number of anilines is 1. The van der Waals surface area contributed by atoms with Gasteiger partial charge in [0.05, 0.1) is 5.69 Å². The Bertz CT molecular complexity index is 668. The normalized spacial score (nSPS) is 18.0. The number of carbonyl (C=O) groups excluding carboxylic acids is 1. The van der Waals surface area contributed by atoms with Crippen LogP contribution in [0.25, 0.3) is 0 Å². The quantitative estimate of drug-likeness (QED) is 0.938. The zero-order valence-electron chi connectivity index (χ0n) is 13.6. The Hall–Kier alpha value is -2.37. The minimum atomic E-state index is -0.0894. The molecule has 1 unspecified atom stereocenters. The molecular formula is C17H22N4O2. The molecule has 1 aliphatic rings. The van der Waals surface area contributed by atoms with Gasteiger partial charge in [0, 0.05) is 25.3 Å². The first-order valence-electron chi connectivity index (χ1n) is 8.11. The average molecular weight is 314 g/mol. The summed E-state index contributed by atoms with van der Waals surface area (Å²) in [5.41, 5.74) is 1.31. The van der Waals surface area contributed by atoms with Crippen molar-refractivity contribution in [1.29, 1.82) is 0 Å². The van der Waals surface area contributed by atoms with E-state index in [4.69, 9.17) is 4.52 Å². The van der Waals surface area contributed by atoms with Crippen LogP contribution in [-0.2, 0) is 6.42 Å². The molecule has 2 aromatic rings. The van der Waals surface area contributed by atoms with Gasteiger partial charge in [0.2, 0.25) is 0 Å². The molecular weight excluding hydrogens is 292 g/mol. The molecule has 1 amide bonds. The third kappa shape index (κ3) is 3.36. The molecule has 2 aromatic heterocycles. The number of rotatable bonds is 4. The van der Waals surface area contributed by atoms with Crippen molar-refractivity contribution in [3.05, 3.63) is 41.4 Å². The first-order chi connectivity index (χ1) is 11.2. The van der Waals surface area contributed by atoms with E-state index < -0.39 is 0 Å². The monoisotopic (exact) mass is 314 g/mol. The minimum absolute atomic E-state index is 0.0894. The van der Waals surface area contributed by atoms with Crippen LogP contribution in [0.5, 0.6) is 0 Å². The summed E-state index contributed by atoms with van der Waals surface area (Å²) in [5.74, 6) is 1.45. The summed E-state index contributed by atoms with van der Waals surface area (Å²) in [6.07, 6.45) is 4.49. The maximum Gasteiger partial charge on any atom is 0.257 e. The predicted molar refractivity (Wildman–Crippen MR) is 87.6 cm³/mol. The fourth-order valence-corrected chi connectivity index (χ4v) is 3.05. The van der Waals surface area contributed by atoms with Crippen LogP contribution in [0.15, 0.2) is 28.9 Å². The number of amides is 1. The van der Waals surface area contributed by atoms with Crippen molar-refractivity contribution in [1.82, 2.24) is 15.5 Å². The second-order valence-electron chi connectivity index (χ2n) is 5.86. The maximum atomic E-state index is 12.6. The van der Waals surface area contributed by atoms with Gasteiger partial charge in [-0.05, 0) is 38.3 Å². The second kappa shape index (κ2) is 6.81. The van der Waals surface area contributed by atoms with E-state index in [1.807, 2.05) is 25.1 Å². The van der Waals surface area contributed by atoms with E-state index in [-0.39, 0.29) is 11.9 Å². The summed E-state index contributed by atoms with van der Waals surface area (Å²) >= 11 is 0. The zero-order valence-corrected chi connectivity index (χ0v) is 13.6. The van der Waals surface area contributed by atoms with Crippen molar-refractivity contribution in [2.45, 2.75) is 39.2 Å². The highest BCUT2D eigenvalue weighted by Gasteiger charge is 2.25. The molecule has 3 rings (SSSR count). The number of aromatic nitrogens is 2. The van der Waals surface area contributed by atoms with Crippen LogP contribution in [0.4, 0.5) is 5.82 Å². The Morgan fingerprint density at radius 1 is 1.48 bits per heavy atom. The van der Waals surface area contributed by atoms with Gasteiger partial charge in [0.15, 0.2) is 0 Å². The van der Waals surface area contributed by atoms with Crippen LogP contribution in [0.2, 0.25) is 0 Å². The maximum absolute atomic E-state index is 12.6. The number of nitrogens with zero attached hydrogens (tertiary/aromatic N) is 3. The van der Waals surface area contributed by atoms with Gasteiger partial charge < -0.3 is 14.7 Å². The van der Waals surface area contributed by atoms with Crippen molar-refractivity contribution < 1.29 is 9.32 Å². The first-order valence-corrected chi connectivity index (χ1v) is 8.11. The summed E-state index contributed by atoms with van der Waals surface area (Å²) in [7, 11) is 0. The SMILES string of the molecule is CCc1noc(C)c1C(=O)NC1CCCN(c2ccccn2)C1. The van der Waals surface area contributed by atoms with E-state index in [2.05, 4.69) is 20.4 Å². The van der Waals surface area contributed by atoms with Crippen LogP contribution in [0.3, 0.4) is 0 Å². The summed E-state index contributed by atoms with van der Waals surface area (Å²) in [6.45, 7) is 5.49. The molecule has 1 saturated heterocycles. The lowest BCUT2D eigenvalue weighted by molar-refractivity contribution is 0.0931. The molecule has 1 atom stereocenters. The van der Waals surface area contributed by atoms with Crippen LogP contribution in [0.1, 0.15) is 41.6 Å². The van der Waals surface area contributed by atoms with Gasteiger partial charge in [0.25, 0.3) is 5.91 Å². The van der Waals surface area contributed by atoms with Gasteiger partial charge in [0.1, 0.15) is 17.1 Å². The number of carbonyl (C=O) groups is 1. The fourth-order valence-electron chi connectivity index (χ4n) is 3.05. The molecule has 1 aliphatic heterocycles. The van der Waals surface area contributed by atoms with E-state index in [0.717, 1.165) is 37.4 Å². The molecule has 0 bridgehead atoms. The topological polar surface area (TPSA) is 71.3 Å². The number of piperidine rings is 1. The number of nitrogens with one attached hydrogen (secondary N) is 1. The molecule has 0 aromatic carbocycles. The fraction of sp³-hybridized carbons (Fsp3) is 0.471. The molecule has 0 aliphatic carbocycles. The van der Waals surface area contributed by atoms with Crippen molar-refractivity contribution >= 4 is 11.7 Å².